The molecule has 0 aliphatic heterocycles. The number of rotatable bonds is 4. The van der Waals surface area contributed by atoms with Crippen LogP contribution in [0.3, 0.4) is 0 Å². The quantitative estimate of drug-likeness (QED) is 0.141. The molecule has 0 spiro atoms. The average Bonchev–Trinajstić information content (AvgIpc) is 3.82. The number of aromatic nitrogens is 2. The van der Waals surface area contributed by atoms with E-state index in [4.69, 9.17) is 18.8 Å². The van der Waals surface area contributed by atoms with E-state index in [1.165, 1.54) is 0 Å². The summed E-state index contributed by atoms with van der Waals surface area (Å²) in [7, 11) is 0. The molecule has 3 heterocycles. The minimum Gasteiger partial charge on any atom is -0.507 e. The molecule has 0 unspecified atom stereocenters. The van der Waals surface area contributed by atoms with Crippen molar-refractivity contribution in [1.82, 2.24) is 9.97 Å². The number of phenols is 1. The second-order valence-corrected chi connectivity index (χ2v) is 17.1. The van der Waals surface area contributed by atoms with E-state index in [0.29, 0.717) is 22.6 Å². The Morgan fingerprint density at radius 2 is 1.36 bits per heavy atom. The maximum Gasteiger partial charge on any atom is 0.230 e. The Hall–Kier alpha value is -6.03. The van der Waals surface area contributed by atoms with E-state index in [9.17, 15) is 5.11 Å². The van der Waals surface area contributed by atoms with Crippen LogP contribution in [0.25, 0.3) is 99.5 Å². The summed E-state index contributed by atoms with van der Waals surface area (Å²) in [5.74, 6) is 0.560. The van der Waals surface area contributed by atoms with Gasteiger partial charge in [-0.15, -0.1) is 17.7 Å². The van der Waals surface area contributed by atoms with E-state index in [-0.39, 0.29) is 37.6 Å². The summed E-state index contributed by atoms with van der Waals surface area (Å²) < 4.78 is 13.5. The molecule has 0 bridgehead atoms. The van der Waals surface area contributed by atoms with Crippen LogP contribution in [0.2, 0.25) is 0 Å². The van der Waals surface area contributed by atoms with Crippen molar-refractivity contribution in [3.05, 3.63) is 151 Å². The van der Waals surface area contributed by atoms with Crippen LogP contribution in [0.5, 0.6) is 5.75 Å². The van der Waals surface area contributed by atoms with Gasteiger partial charge in [0.05, 0.1) is 16.7 Å². The topological polar surface area (TPSA) is 72.3 Å². The second kappa shape index (κ2) is 13.8. The molecule has 0 atom stereocenters. The summed E-state index contributed by atoms with van der Waals surface area (Å²) in [5, 5.41) is 18.2. The predicted octanol–water partition coefficient (Wildman–Crippen LogP) is 14.2. The molecule has 6 heteroatoms. The molecule has 3 aromatic heterocycles. The third-order valence-electron chi connectivity index (χ3n) is 11.2. The fraction of sp³-hybridized carbons (Fsp3) is 0.154. The fourth-order valence-electron chi connectivity index (χ4n) is 8.15. The van der Waals surface area contributed by atoms with Gasteiger partial charge in [0.2, 0.25) is 5.89 Å². The Balaban J connectivity index is 0.00000436. The number of fused-ring (bicyclic) bond motifs is 8. The summed E-state index contributed by atoms with van der Waals surface area (Å²) in [6, 6.07) is 47.6. The van der Waals surface area contributed by atoms with Crippen molar-refractivity contribution in [2.45, 2.75) is 52.4 Å². The molecule has 7 aromatic carbocycles. The van der Waals surface area contributed by atoms with Crippen molar-refractivity contribution in [1.29, 1.82) is 0 Å². The first-order valence-electron chi connectivity index (χ1n) is 19.5. The molecule has 0 radical (unpaired) electrons. The van der Waals surface area contributed by atoms with Crippen LogP contribution in [0, 0.1) is 6.07 Å². The van der Waals surface area contributed by atoms with Gasteiger partial charge in [-0.05, 0) is 67.3 Å². The standard InChI is InChI=1S/C52H41N2O3.Pt/c1-51(2,3)35-28-41(47(55)42(29-35)52(4,5)6)50-54-46-37(17-12-18-44(46)56-50)34-25-39-38-22-21-32-20-19-31-15-10-11-16-36(31)45(32)49(38)57-48(39)40(26-34)43-27-33(23-24-53-43)30-13-8-7-9-14-30;/h7-25,27-29,55H,1-6H3;/q-1;. The van der Waals surface area contributed by atoms with Gasteiger partial charge < -0.3 is 13.9 Å². The number of para-hydroxylation sites is 1. The van der Waals surface area contributed by atoms with E-state index in [0.717, 1.165) is 88.1 Å². The first-order valence-corrected chi connectivity index (χ1v) is 19.5. The number of hydrogen-bond donors (Lipinski definition) is 1. The zero-order valence-corrected chi connectivity index (χ0v) is 35.4. The van der Waals surface area contributed by atoms with Crippen molar-refractivity contribution < 1.29 is 35.0 Å². The van der Waals surface area contributed by atoms with Gasteiger partial charge in [0.25, 0.3) is 0 Å². The molecule has 288 valence electrons. The second-order valence-electron chi connectivity index (χ2n) is 17.1. The van der Waals surface area contributed by atoms with Crippen LogP contribution < -0.4 is 0 Å². The van der Waals surface area contributed by atoms with Crippen molar-refractivity contribution >= 4 is 54.6 Å². The molecule has 10 rings (SSSR count). The number of benzene rings is 7. The van der Waals surface area contributed by atoms with Crippen LogP contribution in [0.15, 0.2) is 142 Å². The number of hydrogen-bond acceptors (Lipinski definition) is 5. The predicted molar refractivity (Wildman–Crippen MR) is 234 cm³/mol. The van der Waals surface area contributed by atoms with Crippen molar-refractivity contribution in [3.8, 4) is 50.7 Å². The number of oxazole rings is 1. The Kier molecular flexibility index (Phi) is 8.94. The van der Waals surface area contributed by atoms with E-state index < -0.39 is 0 Å². The number of phenolic OH excluding ortho intramolecular Hbond substituents is 1. The van der Waals surface area contributed by atoms with Gasteiger partial charge in [-0.2, -0.15) is 0 Å². The van der Waals surface area contributed by atoms with Crippen LogP contribution in [-0.2, 0) is 31.9 Å². The maximum absolute atomic E-state index is 11.8. The molecule has 5 nitrogen and oxygen atoms in total. The molecule has 1 N–H and O–H groups in total. The van der Waals surface area contributed by atoms with E-state index in [2.05, 4.69) is 133 Å². The molecule has 58 heavy (non-hydrogen) atoms. The molecule has 10 aromatic rings. The smallest absolute Gasteiger partial charge is 0.230 e. The first kappa shape index (κ1) is 37.5. The summed E-state index contributed by atoms with van der Waals surface area (Å²) in [4.78, 5) is 10.1. The molecule has 0 aliphatic rings. The molecule has 0 fully saturated rings. The van der Waals surface area contributed by atoms with Crippen LogP contribution >= 0.6 is 0 Å². The summed E-state index contributed by atoms with van der Waals surface area (Å²) in [5.41, 5.74) is 10.3. The largest absolute Gasteiger partial charge is 0.507 e. The molecule has 0 saturated heterocycles. The summed E-state index contributed by atoms with van der Waals surface area (Å²) in [6.45, 7) is 12.9. The van der Waals surface area contributed by atoms with Gasteiger partial charge in [-0.1, -0.05) is 156 Å². The molecular weight excluding hydrogens is 896 g/mol. The SMILES string of the molecule is CC(C)(C)c1cc(-c2nc3c(-c4[c-]c(-c5cc(-c6ccccc6)ccn5)c5oc6c(ccc7ccc8ccccc8c76)c5c4)cccc3o2)c(O)c(C(C)(C)C)c1.[Pt]. The summed E-state index contributed by atoms with van der Waals surface area (Å²) >= 11 is 0. The van der Waals surface area contributed by atoms with Gasteiger partial charge in [0.1, 0.15) is 16.9 Å². The molecule has 0 aliphatic carbocycles. The Morgan fingerprint density at radius 1 is 0.603 bits per heavy atom. The Labute approximate surface area is 351 Å². The third kappa shape index (κ3) is 6.20. The Bertz CT molecular complexity index is 3220. The maximum atomic E-state index is 11.8. The van der Waals surface area contributed by atoms with Crippen molar-refractivity contribution in [2.24, 2.45) is 0 Å². The minimum absolute atomic E-state index is 0. The average molecular weight is 937 g/mol. The van der Waals surface area contributed by atoms with E-state index in [1.807, 2.05) is 48.7 Å². The molecule has 0 amide bonds. The van der Waals surface area contributed by atoms with Gasteiger partial charge in [-0.25, -0.2) is 4.98 Å². The zero-order chi connectivity index (χ0) is 39.2. The first-order chi connectivity index (χ1) is 27.4. The summed E-state index contributed by atoms with van der Waals surface area (Å²) in [6.07, 6.45) is 1.85. The van der Waals surface area contributed by atoms with Crippen molar-refractivity contribution in [2.75, 3.05) is 0 Å². The number of pyridine rings is 1. The van der Waals surface area contributed by atoms with Crippen LogP contribution in [0.4, 0.5) is 0 Å². The van der Waals surface area contributed by atoms with E-state index >= 15 is 0 Å². The van der Waals surface area contributed by atoms with Crippen LogP contribution in [-0.4, -0.2) is 15.1 Å². The zero-order valence-electron chi connectivity index (χ0n) is 33.2. The number of furan rings is 1. The van der Waals surface area contributed by atoms with E-state index in [1.54, 1.807) is 0 Å². The number of nitrogens with zero attached hydrogens (tertiary/aromatic N) is 2. The van der Waals surface area contributed by atoms with Gasteiger partial charge >= 0.3 is 0 Å². The third-order valence-corrected chi connectivity index (χ3v) is 11.2. The van der Waals surface area contributed by atoms with Gasteiger partial charge in [-0.3, -0.25) is 4.98 Å². The van der Waals surface area contributed by atoms with Gasteiger partial charge in [0.15, 0.2) is 0 Å². The minimum atomic E-state index is -0.297. The van der Waals surface area contributed by atoms with Crippen molar-refractivity contribution in [3.63, 3.8) is 0 Å². The normalized spacial score (nSPS) is 12.2. The molecular formula is C52H41N2O3Pt-. The van der Waals surface area contributed by atoms with Gasteiger partial charge in [0, 0.05) is 49.3 Å². The van der Waals surface area contributed by atoms with Crippen LogP contribution in [0.1, 0.15) is 52.7 Å². The fourth-order valence-corrected chi connectivity index (χ4v) is 8.15. The Morgan fingerprint density at radius 3 is 2.16 bits per heavy atom. The monoisotopic (exact) mass is 936 g/mol. The number of aromatic hydroxyl groups is 1. The molecule has 0 saturated carbocycles.